The molecule has 1 saturated carbocycles. The standard InChI is InChI=1S/C13H11ClFN3O2/c14-7-2-1-3-8(4-7)18-6-11(19)12(17-18)13(20)16-10-5-9(10)15/h1-4,6,9-10,19H,5H2,(H,16,20)/t9-,10+/m0/s1. The van der Waals surface area contributed by atoms with E-state index in [-0.39, 0.29) is 11.4 Å². The van der Waals surface area contributed by atoms with Crippen LogP contribution in [0.4, 0.5) is 4.39 Å². The molecule has 0 bridgehead atoms. The molecular weight excluding hydrogens is 285 g/mol. The van der Waals surface area contributed by atoms with Gasteiger partial charge in [0.2, 0.25) is 0 Å². The van der Waals surface area contributed by atoms with Crippen LogP contribution < -0.4 is 5.32 Å². The van der Waals surface area contributed by atoms with E-state index in [2.05, 4.69) is 10.4 Å². The number of aromatic nitrogens is 2. The zero-order chi connectivity index (χ0) is 14.3. The second-order valence-corrected chi connectivity index (χ2v) is 5.06. The summed E-state index contributed by atoms with van der Waals surface area (Å²) in [6.45, 7) is 0. The normalized spacial score (nSPS) is 20.7. The topological polar surface area (TPSA) is 67.2 Å². The number of benzene rings is 1. The molecule has 2 atom stereocenters. The number of halogens is 2. The summed E-state index contributed by atoms with van der Waals surface area (Å²) < 4.78 is 14.1. The Hall–Kier alpha value is -2.08. The van der Waals surface area contributed by atoms with Crippen molar-refractivity contribution < 1.29 is 14.3 Å². The van der Waals surface area contributed by atoms with Crippen molar-refractivity contribution in [3.05, 3.63) is 41.2 Å². The van der Waals surface area contributed by atoms with Crippen molar-refractivity contribution in [2.24, 2.45) is 0 Å². The molecule has 5 nitrogen and oxygen atoms in total. The highest BCUT2D eigenvalue weighted by molar-refractivity contribution is 6.30. The fourth-order valence-corrected chi connectivity index (χ4v) is 2.01. The van der Waals surface area contributed by atoms with E-state index < -0.39 is 18.1 Å². The quantitative estimate of drug-likeness (QED) is 0.911. The minimum atomic E-state index is -1.00. The first-order valence-corrected chi connectivity index (χ1v) is 6.42. The van der Waals surface area contributed by atoms with Crippen LogP contribution in [0, 0.1) is 0 Å². The molecule has 1 aromatic carbocycles. The molecular formula is C13H11ClFN3O2. The first-order valence-electron chi connectivity index (χ1n) is 6.04. The third kappa shape index (κ3) is 2.46. The number of aromatic hydroxyl groups is 1. The molecule has 1 aliphatic carbocycles. The molecule has 0 unspecified atom stereocenters. The van der Waals surface area contributed by atoms with Crippen LogP contribution >= 0.6 is 11.6 Å². The molecule has 1 amide bonds. The van der Waals surface area contributed by atoms with Crippen LogP contribution in [0.1, 0.15) is 16.9 Å². The van der Waals surface area contributed by atoms with Gasteiger partial charge in [0.1, 0.15) is 6.17 Å². The number of carbonyl (C=O) groups excluding carboxylic acids is 1. The summed E-state index contributed by atoms with van der Waals surface area (Å²) >= 11 is 5.87. The molecule has 1 heterocycles. The van der Waals surface area contributed by atoms with Gasteiger partial charge in [0.25, 0.3) is 5.91 Å². The van der Waals surface area contributed by atoms with Gasteiger partial charge in [-0.15, -0.1) is 0 Å². The average molecular weight is 296 g/mol. The van der Waals surface area contributed by atoms with Gasteiger partial charge in [-0.3, -0.25) is 4.79 Å². The predicted molar refractivity (Wildman–Crippen MR) is 71.0 cm³/mol. The number of amides is 1. The summed E-state index contributed by atoms with van der Waals surface area (Å²) in [5.74, 6) is -0.855. The Morgan fingerprint density at radius 3 is 2.95 bits per heavy atom. The van der Waals surface area contributed by atoms with Gasteiger partial charge in [0.15, 0.2) is 11.4 Å². The van der Waals surface area contributed by atoms with Crippen molar-refractivity contribution in [3.8, 4) is 11.4 Å². The second kappa shape index (κ2) is 4.79. The highest BCUT2D eigenvalue weighted by Gasteiger charge is 2.39. The Morgan fingerprint density at radius 2 is 2.30 bits per heavy atom. The second-order valence-electron chi connectivity index (χ2n) is 4.62. The number of carbonyl (C=O) groups is 1. The highest BCUT2D eigenvalue weighted by Crippen LogP contribution is 2.26. The minimum absolute atomic E-state index is 0.135. The van der Waals surface area contributed by atoms with Crippen molar-refractivity contribution in [3.63, 3.8) is 0 Å². The molecule has 104 valence electrons. The molecule has 20 heavy (non-hydrogen) atoms. The number of alkyl halides is 1. The summed E-state index contributed by atoms with van der Waals surface area (Å²) in [6, 6.07) is 6.34. The Balaban J connectivity index is 1.85. The summed E-state index contributed by atoms with van der Waals surface area (Å²) in [5.41, 5.74) is 0.478. The van der Waals surface area contributed by atoms with Gasteiger partial charge < -0.3 is 10.4 Å². The van der Waals surface area contributed by atoms with E-state index in [0.29, 0.717) is 17.1 Å². The lowest BCUT2D eigenvalue weighted by atomic mass is 10.3. The number of hydrogen-bond acceptors (Lipinski definition) is 3. The number of rotatable bonds is 3. The lowest BCUT2D eigenvalue weighted by Crippen LogP contribution is -2.27. The molecule has 0 saturated heterocycles. The lowest BCUT2D eigenvalue weighted by Gasteiger charge is -2.01. The third-order valence-corrected chi connectivity index (χ3v) is 3.25. The number of hydrogen-bond donors (Lipinski definition) is 2. The zero-order valence-electron chi connectivity index (χ0n) is 10.3. The molecule has 0 spiro atoms. The molecule has 3 rings (SSSR count). The van der Waals surface area contributed by atoms with Crippen molar-refractivity contribution in [1.82, 2.24) is 15.1 Å². The van der Waals surface area contributed by atoms with E-state index in [4.69, 9.17) is 11.6 Å². The highest BCUT2D eigenvalue weighted by atomic mass is 35.5. The molecule has 2 aromatic rings. The maximum absolute atomic E-state index is 12.7. The molecule has 7 heteroatoms. The van der Waals surface area contributed by atoms with Gasteiger partial charge in [-0.2, -0.15) is 5.10 Å². The smallest absolute Gasteiger partial charge is 0.275 e. The Bertz CT molecular complexity index is 673. The van der Waals surface area contributed by atoms with Crippen molar-refractivity contribution in [2.75, 3.05) is 0 Å². The Kier molecular flexibility index (Phi) is 3.10. The fraction of sp³-hybridized carbons (Fsp3) is 0.231. The fourth-order valence-electron chi connectivity index (χ4n) is 1.83. The monoisotopic (exact) mass is 295 g/mol. The van der Waals surface area contributed by atoms with Gasteiger partial charge in [-0.1, -0.05) is 17.7 Å². The Labute approximate surface area is 119 Å². The van der Waals surface area contributed by atoms with Crippen molar-refractivity contribution in [1.29, 1.82) is 0 Å². The third-order valence-electron chi connectivity index (χ3n) is 3.01. The summed E-state index contributed by atoms with van der Waals surface area (Å²) in [6.07, 6.45) is 0.609. The SMILES string of the molecule is O=C(N[C@@H]1C[C@@H]1F)c1nn(-c2cccc(Cl)c2)cc1O. The van der Waals surface area contributed by atoms with Crippen LogP contribution in [0.2, 0.25) is 5.02 Å². The summed E-state index contributed by atoms with van der Waals surface area (Å²) in [5, 5.41) is 16.7. The van der Waals surface area contributed by atoms with Gasteiger partial charge in [0, 0.05) is 11.4 Å². The van der Waals surface area contributed by atoms with E-state index >= 15 is 0 Å². The van der Waals surface area contributed by atoms with E-state index in [9.17, 15) is 14.3 Å². The number of nitrogens with one attached hydrogen (secondary N) is 1. The van der Waals surface area contributed by atoms with Crippen LogP contribution in [0.5, 0.6) is 5.75 Å². The largest absolute Gasteiger partial charge is 0.504 e. The van der Waals surface area contributed by atoms with Crippen LogP contribution in [-0.2, 0) is 0 Å². The van der Waals surface area contributed by atoms with E-state index in [1.165, 1.54) is 10.9 Å². The van der Waals surface area contributed by atoms with Crippen LogP contribution in [0.3, 0.4) is 0 Å². The van der Waals surface area contributed by atoms with E-state index in [1.54, 1.807) is 24.3 Å². The minimum Gasteiger partial charge on any atom is -0.504 e. The lowest BCUT2D eigenvalue weighted by molar-refractivity contribution is 0.0939. The average Bonchev–Trinajstić information content (AvgIpc) is 2.94. The van der Waals surface area contributed by atoms with Gasteiger partial charge >= 0.3 is 0 Å². The van der Waals surface area contributed by atoms with Crippen LogP contribution in [0.25, 0.3) is 5.69 Å². The predicted octanol–water partition coefficient (Wildman–Crippen LogP) is 2.07. The van der Waals surface area contributed by atoms with E-state index in [0.717, 1.165) is 0 Å². The molecule has 1 fully saturated rings. The first kappa shape index (κ1) is 12.9. The van der Waals surface area contributed by atoms with Crippen molar-refractivity contribution >= 4 is 17.5 Å². The van der Waals surface area contributed by atoms with Gasteiger partial charge in [-0.25, -0.2) is 9.07 Å². The van der Waals surface area contributed by atoms with Gasteiger partial charge in [-0.05, 0) is 18.2 Å². The maximum Gasteiger partial charge on any atom is 0.275 e. The molecule has 2 N–H and O–H groups in total. The van der Waals surface area contributed by atoms with Crippen LogP contribution in [0.15, 0.2) is 30.5 Å². The molecule has 0 aliphatic heterocycles. The molecule has 1 aromatic heterocycles. The van der Waals surface area contributed by atoms with Crippen LogP contribution in [-0.4, -0.2) is 33.0 Å². The molecule has 1 aliphatic rings. The van der Waals surface area contributed by atoms with Gasteiger partial charge in [0.05, 0.1) is 17.9 Å². The first-order chi connectivity index (χ1) is 9.54. The number of nitrogens with zero attached hydrogens (tertiary/aromatic N) is 2. The summed E-state index contributed by atoms with van der Waals surface area (Å²) in [7, 11) is 0. The molecule has 0 radical (unpaired) electrons. The Morgan fingerprint density at radius 1 is 1.55 bits per heavy atom. The van der Waals surface area contributed by atoms with Crippen molar-refractivity contribution in [2.45, 2.75) is 18.6 Å². The van der Waals surface area contributed by atoms with E-state index in [1.807, 2.05) is 0 Å². The maximum atomic E-state index is 12.7. The zero-order valence-corrected chi connectivity index (χ0v) is 11.0. The summed E-state index contributed by atoms with van der Waals surface area (Å²) in [4.78, 5) is 11.8.